The van der Waals surface area contributed by atoms with Gasteiger partial charge in [-0.3, -0.25) is 0 Å². The Balaban J connectivity index is 1.64. The standard InChI is InChI=1S/C15H16BrF3N6/c1-9-22-12(15(17,18)19)6-13(23-9)25-4-2-11(3-5-25)24-14-20-7-10(16)8-21-14/h6-8,11H,2-5H2,1H3,(H,20,21,24). The third-order valence-corrected chi connectivity index (χ3v) is 4.30. The zero-order chi connectivity index (χ0) is 18.0. The maximum Gasteiger partial charge on any atom is 0.433 e. The smallest absolute Gasteiger partial charge is 0.356 e. The summed E-state index contributed by atoms with van der Waals surface area (Å²) < 4.78 is 39.5. The topological polar surface area (TPSA) is 66.8 Å². The van der Waals surface area contributed by atoms with E-state index in [1.165, 1.54) is 6.92 Å². The van der Waals surface area contributed by atoms with Crippen LogP contribution in [-0.4, -0.2) is 39.1 Å². The second-order valence-electron chi connectivity index (χ2n) is 5.79. The van der Waals surface area contributed by atoms with Gasteiger partial charge in [-0.25, -0.2) is 19.9 Å². The summed E-state index contributed by atoms with van der Waals surface area (Å²) in [5, 5.41) is 3.24. The molecule has 0 aliphatic carbocycles. The van der Waals surface area contributed by atoms with E-state index in [9.17, 15) is 13.2 Å². The van der Waals surface area contributed by atoms with E-state index in [1.54, 1.807) is 12.4 Å². The molecule has 3 rings (SSSR count). The number of halogens is 4. The van der Waals surface area contributed by atoms with Gasteiger partial charge in [0.25, 0.3) is 0 Å². The normalized spacial score (nSPS) is 16.1. The SMILES string of the molecule is Cc1nc(N2CCC(Nc3ncc(Br)cn3)CC2)cc(C(F)(F)F)n1. The van der Waals surface area contributed by atoms with Crippen LogP contribution in [-0.2, 0) is 6.18 Å². The third-order valence-electron chi connectivity index (χ3n) is 3.89. The van der Waals surface area contributed by atoms with Gasteiger partial charge in [-0.2, -0.15) is 13.2 Å². The van der Waals surface area contributed by atoms with Crippen molar-refractivity contribution in [3.63, 3.8) is 0 Å². The molecule has 1 aliphatic heterocycles. The summed E-state index contributed by atoms with van der Waals surface area (Å²) in [6.45, 7) is 2.67. The molecule has 10 heteroatoms. The van der Waals surface area contributed by atoms with Gasteiger partial charge >= 0.3 is 6.18 Å². The van der Waals surface area contributed by atoms with E-state index in [1.807, 2.05) is 4.90 Å². The molecular formula is C15H16BrF3N6. The Kier molecular flexibility index (Phi) is 5.07. The van der Waals surface area contributed by atoms with Crippen LogP contribution in [0.25, 0.3) is 0 Å². The van der Waals surface area contributed by atoms with Crippen molar-refractivity contribution in [3.8, 4) is 0 Å². The van der Waals surface area contributed by atoms with Crippen LogP contribution in [0.2, 0.25) is 0 Å². The quantitative estimate of drug-likeness (QED) is 0.826. The summed E-state index contributed by atoms with van der Waals surface area (Å²) in [5.41, 5.74) is -0.904. The molecule has 0 amide bonds. The average molecular weight is 417 g/mol. The summed E-state index contributed by atoms with van der Waals surface area (Å²) in [7, 11) is 0. The molecule has 134 valence electrons. The van der Waals surface area contributed by atoms with Crippen molar-refractivity contribution in [2.24, 2.45) is 0 Å². The van der Waals surface area contributed by atoms with Crippen molar-refractivity contribution in [3.05, 3.63) is 34.5 Å². The number of alkyl halides is 3. The van der Waals surface area contributed by atoms with Gasteiger partial charge in [-0.05, 0) is 35.7 Å². The predicted octanol–water partition coefficient (Wildman–Crippen LogP) is 3.44. The lowest BCUT2D eigenvalue weighted by molar-refractivity contribution is -0.141. The van der Waals surface area contributed by atoms with E-state index in [-0.39, 0.29) is 11.9 Å². The molecule has 0 aromatic carbocycles. The molecule has 0 saturated carbocycles. The maximum absolute atomic E-state index is 12.9. The number of piperidine rings is 1. The number of nitrogens with one attached hydrogen (secondary N) is 1. The molecule has 0 atom stereocenters. The minimum atomic E-state index is -4.47. The molecule has 1 fully saturated rings. The van der Waals surface area contributed by atoms with Crippen LogP contribution in [0.15, 0.2) is 22.9 Å². The third kappa shape index (κ3) is 4.56. The lowest BCUT2D eigenvalue weighted by Crippen LogP contribution is -2.40. The Labute approximate surface area is 151 Å². The van der Waals surface area contributed by atoms with Crippen molar-refractivity contribution in [2.75, 3.05) is 23.3 Å². The monoisotopic (exact) mass is 416 g/mol. The Morgan fingerprint density at radius 2 is 1.80 bits per heavy atom. The lowest BCUT2D eigenvalue weighted by Gasteiger charge is -2.33. The molecule has 6 nitrogen and oxygen atoms in total. The Morgan fingerprint density at radius 1 is 1.16 bits per heavy atom. The lowest BCUT2D eigenvalue weighted by atomic mass is 10.1. The zero-order valence-electron chi connectivity index (χ0n) is 13.4. The average Bonchev–Trinajstić information content (AvgIpc) is 2.56. The van der Waals surface area contributed by atoms with Gasteiger partial charge in [0.15, 0.2) is 0 Å². The van der Waals surface area contributed by atoms with Crippen molar-refractivity contribution in [1.29, 1.82) is 0 Å². The number of nitrogens with zero attached hydrogens (tertiary/aromatic N) is 5. The first-order valence-corrected chi connectivity index (χ1v) is 8.52. The summed E-state index contributed by atoms with van der Waals surface area (Å²) >= 11 is 3.28. The van der Waals surface area contributed by atoms with E-state index < -0.39 is 11.9 Å². The Morgan fingerprint density at radius 3 is 2.40 bits per heavy atom. The van der Waals surface area contributed by atoms with E-state index in [0.29, 0.717) is 24.9 Å². The molecule has 1 aliphatic rings. The van der Waals surface area contributed by atoms with E-state index in [4.69, 9.17) is 0 Å². The number of hydrogen-bond donors (Lipinski definition) is 1. The van der Waals surface area contributed by atoms with Crippen molar-refractivity contribution >= 4 is 27.7 Å². The Hall–Kier alpha value is -1.97. The van der Waals surface area contributed by atoms with E-state index >= 15 is 0 Å². The number of anilines is 2. The van der Waals surface area contributed by atoms with Crippen LogP contribution < -0.4 is 10.2 Å². The highest BCUT2D eigenvalue weighted by Crippen LogP contribution is 2.30. The molecule has 1 N–H and O–H groups in total. The number of aromatic nitrogens is 4. The molecular weight excluding hydrogens is 401 g/mol. The first-order valence-electron chi connectivity index (χ1n) is 7.73. The summed E-state index contributed by atoms with van der Waals surface area (Å²) in [6.07, 6.45) is 0.356. The molecule has 3 heterocycles. The second kappa shape index (κ2) is 7.11. The van der Waals surface area contributed by atoms with Gasteiger partial charge in [0.2, 0.25) is 5.95 Å². The van der Waals surface area contributed by atoms with Gasteiger partial charge in [0.1, 0.15) is 17.3 Å². The van der Waals surface area contributed by atoms with Gasteiger partial charge in [0.05, 0.1) is 4.47 Å². The fraction of sp³-hybridized carbons (Fsp3) is 0.467. The minimum Gasteiger partial charge on any atom is -0.356 e. The number of rotatable bonds is 3. The number of aryl methyl sites for hydroxylation is 1. The number of hydrogen-bond acceptors (Lipinski definition) is 6. The summed E-state index contributed by atoms with van der Waals surface area (Å²) in [5.74, 6) is 0.977. The molecule has 0 unspecified atom stereocenters. The highest BCUT2D eigenvalue weighted by molar-refractivity contribution is 9.10. The molecule has 0 radical (unpaired) electrons. The maximum atomic E-state index is 12.9. The molecule has 2 aromatic heterocycles. The molecule has 1 saturated heterocycles. The van der Waals surface area contributed by atoms with E-state index in [2.05, 4.69) is 41.2 Å². The highest BCUT2D eigenvalue weighted by atomic mass is 79.9. The van der Waals surface area contributed by atoms with E-state index in [0.717, 1.165) is 23.4 Å². The molecule has 25 heavy (non-hydrogen) atoms. The van der Waals surface area contributed by atoms with Crippen LogP contribution >= 0.6 is 15.9 Å². The molecule has 0 bridgehead atoms. The predicted molar refractivity (Wildman–Crippen MR) is 90.4 cm³/mol. The van der Waals surface area contributed by atoms with Crippen LogP contribution in [0.1, 0.15) is 24.4 Å². The summed E-state index contributed by atoms with van der Waals surface area (Å²) in [4.78, 5) is 17.8. The second-order valence-corrected chi connectivity index (χ2v) is 6.70. The zero-order valence-corrected chi connectivity index (χ0v) is 15.0. The van der Waals surface area contributed by atoms with Crippen LogP contribution in [0.4, 0.5) is 24.9 Å². The van der Waals surface area contributed by atoms with Gasteiger partial charge < -0.3 is 10.2 Å². The van der Waals surface area contributed by atoms with Crippen molar-refractivity contribution in [1.82, 2.24) is 19.9 Å². The van der Waals surface area contributed by atoms with Gasteiger partial charge in [0, 0.05) is 37.6 Å². The minimum absolute atomic E-state index is 0.119. The molecule has 2 aromatic rings. The van der Waals surface area contributed by atoms with Gasteiger partial charge in [-0.15, -0.1) is 0 Å². The Bertz CT molecular complexity index is 729. The highest BCUT2D eigenvalue weighted by Gasteiger charge is 2.34. The molecule has 0 spiro atoms. The summed E-state index contributed by atoms with van der Waals surface area (Å²) in [6, 6.07) is 1.18. The first kappa shape index (κ1) is 17.8. The fourth-order valence-corrected chi connectivity index (χ4v) is 2.89. The largest absolute Gasteiger partial charge is 0.433 e. The fourth-order valence-electron chi connectivity index (χ4n) is 2.68. The van der Waals surface area contributed by atoms with Crippen LogP contribution in [0.5, 0.6) is 0 Å². The van der Waals surface area contributed by atoms with Crippen molar-refractivity contribution in [2.45, 2.75) is 32.0 Å². The van der Waals surface area contributed by atoms with Crippen molar-refractivity contribution < 1.29 is 13.2 Å². The van der Waals surface area contributed by atoms with Crippen LogP contribution in [0.3, 0.4) is 0 Å². The van der Waals surface area contributed by atoms with Crippen LogP contribution in [0, 0.1) is 6.92 Å². The first-order chi connectivity index (χ1) is 11.8. The van der Waals surface area contributed by atoms with Gasteiger partial charge in [-0.1, -0.05) is 0 Å².